The van der Waals surface area contributed by atoms with Gasteiger partial charge in [-0.15, -0.1) is 21.5 Å². The molecule has 4 rings (SSSR count). The number of carbonyl (C=O) groups is 1. The van der Waals surface area contributed by atoms with E-state index in [1.54, 1.807) is 6.07 Å². The van der Waals surface area contributed by atoms with Gasteiger partial charge in [-0.25, -0.2) is 4.98 Å². The zero-order valence-electron chi connectivity index (χ0n) is 18.6. The molecule has 1 amide bonds. The fourth-order valence-electron chi connectivity index (χ4n) is 3.16. The minimum Gasteiger partial charge on any atom is -0.482 e. The lowest BCUT2D eigenvalue weighted by Crippen LogP contribution is -2.14. The Hall–Kier alpha value is -2.59. The molecule has 7 nitrogen and oxygen atoms in total. The molecule has 1 unspecified atom stereocenters. The number of aromatic nitrogens is 4. The summed E-state index contributed by atoms with van der Waals surface area (Å²) < 4.78 is 7.87. The third-order valence-electron chi connectivity index (χ3n) is 4.90. The van der Waals surface area contributed by atoms with Gasteiger partial charge >= 0.3 is 0 Å². The lowest BCUT2D eigenvalue weighted by atomic mass is 10.2. The van der Waals surface area contributed by atoms with Gasteiger partial charge in [0.25, 0.3) is 0 Å². The van der Waals surface area contributed by atoms with Gasteiger partial charge in [0.15, 0.2) is 22.2 Å². The van der Waals surface area contributed by atoms with Crippen LogP contribution >= 0.6 is 46.3 Å². The fourth-order valence-corrected chi connectivity index (χ4v) is 4.97. The molecule has 4 aromatic rings. The van der Waals surface area contributed by atoms with Crippen LogP contribution in [0.5, 0.6) is 5.75 Å². The normalized spacial score (nSPS) is 11.9. The van der Waals surface area contributed by atoms with Crippen molar-refractivity contribution in [3.8, 4) is 17.0 Å². The first-order chi connectivity index (χ1) is 16.3. The van der Waals surface area contributed by atoms with Crippen LogP contribution in [0, 0.1) is 6.92 Å². The zero-order chi connectivity index (χ0) is 24.2. The summed E-state index contributed by atoms with van der Waals surface area (Å²) in [5.41, 5.74) is 2.66. The van der Waals surface area contributed by atoms with E-state index >= 15 is 0 Å². The Morgan fingerprint density at radius 3 is 2.65 bits per heavy atom. The summed E-state index contributed by atoms with van der Waals surface area (Å²) in [5.74, 6) is 1.39. The molecule has 0 saturated heterocycles. The third kappa shape index (κ3) is 5.90. The number of hydrogen-bond acceptors (Lipinski definition) is 7. The van der Waals surface area contributed by atoms with Gasteiger partial charge in [0, 0.05) is 28.0 Å². The maximum absolute atomic E-state index is 12.5. The van der Waals surface area contributed by atoms with Gasteiger partial charge in [-0.2, -0.15) is 0 Å². The van der Waals surface area contributed by atoms with Crippen molar-refractivity contribution in [3.63, 3.8) is 0 Å². The van der Waals surface area contributed by atoms with Crippen molar-refractivity contribution in [2.24, 2.45) is 7.05 Å². The van der Waals surface area contributed by atoms with E-state index in [1.807, 2.05) is 67.2 Å². The monoisotopic (exact) mass is 533 g/mol. The summed E-state index contributed by atoms with van der Waals surface area (Å²) in [7, 11) is 1.85. The second-order valence-electron chi connectivity index (χ2n) is 7.45. The average molecular weight is 534 g/mol. The summed E-state index contributed by atoms with van der Waals surface area (Å²) in [6.07, 6.45) is -0.331. The number of carbonyl (C=O) groups excluding carboxylic acids is 1. The maximum Gasteiger partial charge on any atom is 0.236 e. The summed E-state index contributed by atoms with van der Waals surface area (Å²) in [6.45, 7) is 3.84. The summed E-state index contributed by atoms with van der Waals surface area (Å²) in [5, 5.41) is 15.7. The van der Waals surface area contributed by atoms with Gasteiger partial charge in [0.05, 0.1) is 11.4 Å². The molecule has 11 heteroatoms. The molecule has 0 aliphatic heterocycles. The highest BCUT2D eigenvalue weighted by Gasteiger charge is 2.19. The Labute approximate surface area is 215 Å². The number of nitrogens with one attached hydrogen (secondary N) is 1. The lowest BCUT2D eigenvalue weighted by Gasteiger charge is -2.16. The number of halogens is 2. The average Bonchev–Trinajstić information content (AvgIpc) is 3.41. The van der Waals surface area contributed by atoms with E-state index in [0.717, 1.165) is 22.6 Å². The maximum atomic E-state index is 12.5. The van der Waals surface area contributed by atoms with Crippen LogP contribution in [-0.4, -0.2) is 31.4 Å². The number of aryl methyl sites for hydroxylation is 1. The van der Waals surface area contributed by atoms with Crippen LogP contribution < -0.4 is 10.1 Å². The Bertz CT molecular complexity index is 1310. The first kappa shape index (κ1) is 24.5. The number of nitrogens with zero attached hydrogens (tertiary/aromatic N) is 4. The molecule has 0 saturated carbocycles. The van der Waals surface area contributed by atoms with Crippen molar-refractivity contribution in [2.45, 2.75) is 25.1 Å². The van der Waals surface area contributed by atoms with E-state index in [2.05, 4.69) is 20.5 Å². The molecule has 0 spiro atoms. The fraction of sp³-hybridized carbons (Fsp3) is 0.217. The summed E-state index contributed by atoms with van der Waals surface area (Å²) >= 11 is 14.6. The molecule has 34 heavy (non-hydrogen) atoms. The molecule has 0 fully saturated rings. The highest BCUT2D eigenvalue weighted by atomic mass is 35.5. The molecule has 1 N–H and O–H groups in total. The molecule has 0 aliphatic carbocycles. The highest BCUT2D eigenvalue weighted by molar-refractivity contribution is 7.99. The van der Waals surface area contributed by atoms with Crippen molar-refractivity contribution in [2.75, 3.05) is 11.1 Å². The number of rotatable bonds is 8. The Balaban J connectivity index is 1.33. The van der Waals surface area contributed by atoms with E-state index in [1.165, 1.54) is 23.1 Å². The van der Waals surface area contributed by atoms with Crippen molar-refractivity contribution in [3.05, 3.63) is 69.3 Å². The largest absolute Gasteiger partial charge is 0.482 e. The molecule has 2 aromatic carbocycles. The SMILES string of the molecule is Cc1cc(Cl)ccc1OC(C)c1nnc(SCC(=O)Nc2nc(-c3ccc(Cl)cc3)cs2)n1C. The molecule has 0 aliphatic rings. The smallest absolute Gasteiger partial charge is 0.236 e. The minimum atomic E-state index is -0.331. The quantitative estimate of drug-likeness (QED) is 0.263. The van der Waals surface area contributed by atoms with Crippen molar-refractivity contribution in [1.29, 1.82) is 0 Å². The summed E-state index contributed by atoms with van der Waals surface area (Å²) in [4.78, 5) is 16.9. The number of thioether (sulfide) groups is 1. The van der Waals surface area contributed by atoms with E-state index in [4.69, 9.17) is 27.9 Å². The topological polar surface area (TPSA) is 81.9 Å². The molecular weight excluding hydrogens is 513 g/mol. The van der Waals surface area contributed by atoms with Gasteiger partial charge in [-0.3, -0.25) is 4.79 Å². The van der Waals surface area contributed by atoms with Crippen molar-refractivity contribution >= 4 is 57.3 Å². The number of anilines is 1. The van der Waals surface area contributed by atoms with Crippen LogP contribution in [0.25, 0.3) is 11.3 Å². The Morgan fingerprint density at radius 2 is 1.91 bits per heavy atom. The van der Waals surface area contributed by atoms with Crippen LogP contribution in [0.15, 0.2) is 53.0 Å². The summed E-state index contributed by atoms with van der Waals surface area (Å²) in [6, 6.07) is 12.9. The third-order valence-corrected chi connectivity index (χ3v) is 7.16. The van der Waals surface area contributed by atoms with Gasteiger partial charge in [-0.1, -0.05) is 47.1 Å². The van der Waals surface area contributed by atoms with Crippen LogP contribution in [0.3, 0.4) is 0 Å². The Kier molecular flexibility index (Phi) is 7.77. The molecule has 1 atom stereocenters. The second-order valence-corrected chi connectivity index (χ2v) is 10.1. The van der Waals surface area contributed by atoms with E-state index in [-0.39, 0.29) is 17.8 Å². The van der Waals surface area contributed by atoms with E-state index in [9.17, 15) is 4.79 Å². The molecule has 176 valence electrons. The predicted octanol–water partition coefficient (Wildman–Crippen LogP) is 6.42. The number of ether oxygens (including phenoxy) is 1. The van der Waals surface area contributed by atoms with Crippen molar-refractivity contribution in [1.82, 2.24) is 19.7 Å². The number of benzene rings is 2. The van der Waals surface area contributed by atoms with Gasteiger partial charge in [0.2, 0.25) is 5.91 Å². The second kappa shape index (κ2) is 10.8. The molecule has 0 bridgehead atoms. The van der Waals surface area contributed by atoms with Gasteiger partial charge < -0.3 is 14.6 Å². The van der Waals surface area contributed by atoms with Gasteiger partial charge in [-0.05, 0) is 49.7 Å². The van der Waals surface area contributed by atoms with Crippen molar-refractivity contribution < 1.29 is 9.53 Å². The highest BCUT2D eigenvalue weighted by Crippen LogP contribution is 2.29. The lowest BCUT2D eigenvalue weighted by molar-refractivity contribution is -0.113. The Morgan fingerprint density at radius 1 is 1.18 bits per heavy atom. The van der Waals surface area contributed by atoms with Crippen LogP contribution in [0.1, 0.15) is 24.4 Å². The van der Waals surface area contributed by atoms with E-state index < -0.39 is 0 Å². The van der Waals surface area contributed by atoms with Crippen LogP contribution in [0.2, 0.25) is 10.0 Å². The number of amides is 1. The molecule has 2 heterocycles. The van der Waals surface area contributed by atoms with E-state index in [0.29, 0.717) is 26.2 Å². The standard InChI is InChI=1S/C23H21Cl2N5O2S2/c1-13-10-17(25)8-9-19(13)32-14(2)21-28-29-23(30(21)3)34-12-20(31)27-22-26-18(11-33-22)15-4-6-16(24)7-5-15/h4-11,14H,12H2,1-3H3,(H,26,27,31). The van der Waals surface area contributed by atoms with Crippen LogP contribution in [0.4, 0.5) is 5.13 Å². The first-order valence-electron chi connectivity index (χ1n) is 10.3. The molecule has 0 radical (unpaired) electrons. The van der Waals surface area contributed by atoms with Crippen LogP contribution in [-0.2, 0) is 11.8 Å². The van der Waals surface area contributed by atoms with Gasteiger partial charge in [0.1, 0.15) is 5.75 Å². The minimum absolute atomic E-state index is 0.173. The predicted molar refractivity (Wildman–Crippen MR) is 138 cm³/mol. The number of hydrogen-bond donors (Lipinski definition) is 1. The first-order valence-corrected chi connectivity index (χ1v) is 12.9. The molecule has 2 aromatic heterocycles. The number of thiazole rings is 1. The molecular formula is C23H21Cl2N5O2S2. The zero-order valence-corrected chi connectivity index (χ0v) is 21.7.